The first-order valence-electron chi connectivity index (χ1n) is 8.62. The summed E-state index contributed by atoms with van der Waals surface area (Å²) in [5.74, 6) is 0.622. The van der Waals surface area contributed by atoms with Crippen LogP contribution in [0.25, 0.3) is 0 Å². The van der Waals surface area contributed by atoms with Gasteiger partial charge in [0.2, 0.25) is 0 Å². The van der Waals surface area contributed by atoms with Gasteiger partial charge in [-0.05, 0) is 36.4 Å². The van der Waals surface area contributed by atoms with Crippen molar-refractivity contribution in [2.24, 2.45) is 0 Å². The minimum Gasteiger partial charge on any atom is -0.313 e. The van der Waals surface area contributed by atoms with Crippen LogP contribution in [0.1, 0.15) is 64.0 Å². The van der Waals surface area contributed by atoms with Gasteiger partial charge < -0.3 is 5.32 Å². The van der Waals surface area contributed by atoms with Gasteiger partial charge >= 0.3 is 0 Å². The lowest BCUT2D eigenvalue weighted by Gasteiger charge is -2.36. The predicted octanol–water partition coefficient (Wildman–Crippen LogP) is 4.16. The van der Waals surface area contributed by atoms with Gasteiger partial charge in [-0.3, -0.25) is 4.90 Å². The maximum atomic E-state index is 3.61. The zero-order valence-corrected chi connectivity index (χ0v) is 14.2. The van der Waals surface area contributed by atoms with Crippen LogP contribution in [0.4, 0.5) is 0 Å². The molecule has 0 amide bonds. The molecule has 1 N–H and O–H groups in total. The van der Waals surface area contributed by atoms with E-state index in [1.807, 2.05) is 0 Å². The van der Waals surface area contributed by atoms with Crippen molar-refractivity contribution >= 4 is 0 Å². The van der Waals surface area contributed by atoms with Gasteiger partial charge in [-0.2, -0.15) is 0 Å². The van der Waals surface area contributed by atoms with E-state index in [0.29, 0.717) is 18.0 Å². The Labute approximate surface area is 130 Å². The first kappa shape index (κ1) is 16.5. The molecule has 2 nitrogen and oxygen atoms in total. The van der Waals surface area contributed by atoms with E-state index in [9.17, 15) is 0 Å². The molecule has 118 valence electrons. The molecule has 21 heavy (non-hydrogen) atoms. The third-order valence-corrected chi connectivity index (χ3v) is 4.54. The molecular weight excluding hydrogens is 256 g/mol. The van der Waals surface area contributed by atoms with Gasteiger partial charge in [-0.15, -0.1) is 0 Å². The van der Waals surface area contributed by atoms with Crippen LogP contribution >= 0.6 is 0 Å². The topological polar surface area (TPSA) is 15.3 Å². The number of likely N-dealkylation sites (tertiary alicyclic amines) is 1. The maximum absolute atomic E-state index is 3.61. The number of nitrogens with zero attached hydrogens (tertiary/aromatic N) is 1. The van der Waals surface area contributed by atoms with Crippen molar-refractivity contribution in [3.8, 4) is 0 Å². The normalized spacial score (nSPS) is 20.4. The Kier molecular flexibility index (Phi) is 6.25. The molecule has 0 aliphatic carbocycles. The summed E-state index contributed by atoms with van der Waals surface area (Å²) in [6, 6.07) is 10.5. The highest BCUT2D eigenvalue weighted by molar-refractivity contribution is 5.24. The van der Waals surface area contributed by atoms with Crippen LogP contribution in [0.2, 0.25) is 0 Å². The quantitative estimate of drug-likeness (QED) is 0.845. The van der Waals surface area contributed by atoms with Crippen LogP contribution in [0.15, 0.2) is 24.3 Å². The van der Waals surface area contributed by atoms with Gasteiger partial charge in [0.1, 0.15) is 0 Å². The lowest BCUT2D eigenvalue weighted by Crippen LogP contribution is -2.46. The van der Waals surface area contributed by atoms with E-state index in [1.54, 1.807) is 0 Å². The zero-order chi connectivity index (χ0) is 15.2. The molecule has 0 spiro atoms. The molecule has 1 saturated heterocycles. The smallest absolute Gasteiger partial charge is 0.0237 e. The molecule has 1 fully saturated rings. The first-order chi connectivity index (χ1) is 10.1. The molecule has 1 aliphatic heterocycles. The first-order valence-corrected chi connectivity index (χ1v) is 8.62. The van der Waals surface area contributed by atoms with Crippen molar-refractivity contribution < 1.29 is 0 Å². The highest BCUT2D eigenvalue weighted by Gasteiger charge is 2.22. The third kappa shape index (κ3) is 5.12. The van der Waals surface area contributed by atoms with Gasteiger partial charge in [-0.1, -0.05) is 58.4 Å². The molecule has 1 aromatic rings. The average Bonchev–Trinajstić information content (AvgIpc) is 2.47. The monoisotopic (exact) mass is 288 g/mol. The molecule has 0 bridgehead atoms. The van der Waals surface area contributed by atoms with Gasteiger partial charge in [0, 0.05) is 25.2 Å². The van der Waals surface area contributed by atoms with E-state index in [0.717, 1.165) is 13.1 Å². The summed E-state index contributed by atoms with van der Waals surface area (Å²) in [7, 11) is 0. The molecule has 0 saturated carbocycles. The summed E-state index contributed by atoms with van der Waals surface area (Å²) < 4.78 is 0. The molecule has 1 heterocycles. The molecule has 1 unspecified atom stereocenters. The lowest BCUT2D eigenvalue weighted by molar-refractivity contribution is 0.135. The number of benzene rings is 1. The molecule has 1 atom stereocenters. The van der Waals surface area contributed by atoms with Crippen molar-refractivity contribution in [3.05, 3.63) is 35.4 Å². The average molecular weight is 288 g/mol. The molecule has 2 heteroatoms. The van der Waals surface area contributed by atoms with E-state index in [-0.39, 0.29) is 0 Å². The Morgan fingerprint density at radius 1 is 1.10 bits per heavy atom. The molecule has 1 aromatic carbocycles. The Morgan fingerprint density at radius 2 is 1.81 bits per heavy atom. The van der Waals surface area contributed by atoms with E-state index in [2.05, 4.69) is 62.2 Å². The highest BCUT2D eigenvalue weighted by atomic mass is 15.2. The summed E-state index contributed by atoms with van der Waals surface area (Å²) in [4.78, 5) is 2.67. The highest BCUT2D eigenvalue weighted by Crippen LogP contribution is 2.21. The summed E-state index contributed by atoms with van der Waals surface area (Å²) >= 11 is 0. The number of hydrogen-bond acceptors (Lipinski definition) is 2. The largest absolute Gasteiger partial charge is 0.313 e. The van der Waals surface area contributed by atoms with E-state index < -0.39 is 0 Å². The molecular formula is C19H32N2. The van der Waals surface area contributed by atoms with E-state index in [1.165, 1.54) is 36.9 Å². The Balaban J connectivity index is 1.94. The summed E-state index contributed by atoms with van der Waals surface area (Å²) in [5.41, 5.74) is 2.89. The van der Waals surface area contributed by atoms with Gasteiger partial charge in [0.25, 0.3) is 0 Å². The minimum atomic E-state index is 0.583. The number of piperidine rings is 1. The number of rotatable bonds is 6. The zero-order valence-electron chi connectivity index (χ0n) is 14.2. The van der Waals surface area contributed by atoms with Crippen LogP contribution in [0.3, 0.4) is 0 Å². The Hall–Kier alpha value is -0.860. The standard InChI is InChI=1S/C19H32N2/c1-15(2)18-10-8-17(9-11-18)14-21-12-6-5-7-19(21)13-20-16(3)4/h8-11,15-16,19-20H,5-7,12-14H2,1-4H3. The van der Waals surface area contributed by atoms with Gasteiger partial charge in [0.05, 0.1) is 0 Å². The second-order valence-electron chi connectivity index (χ2n) is 7.08. The van der Waals surface area contributed by atoms with Crippen LogP contribution in [0.5, 0.6) is 0 Å². The number of nitrogens with one attached hydrogen (secondary N) is 1. The fraction of sp³-hybridized carbons (Fsp3) is 0.684. The minimum absolute atomic E-state index is 0.583. The van der Waals surface area contributed by atoms with Crippen molar-refractivity contribution in [1.82, 2.24) is 10.2 Å². The van der Waals surface area contributed by atoms with Crippen LogP contribution in [-0.4, -0.2) is 30.1 Å². The van der Waals surface area contributed by atoms with Crippen LogP contribution < -0.4 is 5.32 Å². The van der Waals surface area contributed by atoms with Crippen molar-refractivity contribution in [3.63, 3.8) is 0 Å². The van der Waals surface area contributed by atoms with Gasteiger partial charge in [-0.25, -0.2) is 0 Å². The van der Waals surface area contributed by atoms with Crippen molar-refractivity contribution in [1.29, 1.82) is 0 Å². The van der Waals surface area contributed by atoms with E-state index in [4.69, 9.17) is 0 Å². The van der Waals surface area contributed by atoms with E-state index >= 15 is 0 Å². The third-order valence-electron chi connectivity index (χ3n) is 4.54. The predicted molar refractivity (Wildman–Crippen MR) is 91.7 cm³/mol. The fourth-order valence-electron chi connectivity index (χ4n) is 3.11. The summed E-state index contributed by atoms with van der Waals surface area (Å²) in [5, 5.41) is 3.61. The molecule has 0 aromatic heterocycles. The Bertz CT molecular complexity index is 408. The van der Waals surface area contributed by atoms with Crippen molar-refractivity contribution in [2.45, 2.75) is 71.5 Å². The van der Waals surface area contributed by atoms with Gasteiger partial charge in [0.15, 0.2) is 0 Å². The molecule has 1 aliphatic rings. The fourth-order valence-corrected chi connectivity index (χ4v) is 3.11. The Morgan fingerprint density at radius 3 is 2.43 bits per heavy atom. The lowest BCUT2D eigenvalue weighted by atomic mass is 9.99. The number of hydrogen-bond donors (Lipinski definition) is 1. The molecule has 0 radical (unpaired) electrons. The summed E-state index contributed by atoms with van der Waals surface area (Å²) in [6.45, 7) is 12.5. The second kappa shape index (κ2) is 7.95. The molecule has 2 rings (SSSR count). The SMILES string of the molecule is CC(C)NCC1CCCCN1Cc1ccc(C(C)C)cc1. The van der Waals surface area contributed by atoms with Crippen LogP contribution in [-0.2, 0) is 6.54 Å². The summed E-state index contributed by atoms with van der Waals surface area (Å²) in [6.07, 6.45) is 4.07. The van der Waals surface area contributed by atoms with Crippen molar-refractivity contribution in [2.75, 3.05) is 13.1 Å². The van der Waals surface area contributed by atoms with Crippen LogP contribution in [0, 0.1) is 0 Å². The maximum Gasteiger partial charge on any atom is 0.0237 e. The second-order valence-corrected chi connectivity index (χ2v) is 7.08.